The van der Waals surface area contributed by atoms with Crippen molar-refractivity contribution in [2.24, 2.45) is 0 Å². The van der Waals surface area contributed by atoms with E-state index in [1.807, 2.05) is 49.6 Å². The van der Waals surface area contributed by atoms with Crippen LogP contribution in [0.4, 0.5) is 5.69 Å². The Bertz CT molecular complexity index is 829. The van der Waals surface area contributed by atoms with Gasteiger partial charge in [-0.05, 0) is 47.4 Å². The van der Waals surface area contributed by atoms with Crippen molar-refractivity contribution in [3.63, 3.8) is 0 Å². The standard InChI is InChI=1S/C16H17N5OS2/c1-11-5-6-14(12(2)8-11)17-15(22)10-24-16-18-19-20-21(16)9-13-4-3-7-23-13/h3-8H,9-10H2,1-2H3,(H,17,22). The summed E-state index contributed by atoms with van der Waals surface area (Å²) in [6.07, 6.45) is 0. The molecule has 1 amide bonds. The topological polar surface area (TPSA) is 72.7 Å². The van der Waals surface area contributed by atoms with Crippen LogP contribution in [0, 0.1) is 13.8 Å². The number of hydrogen-bond donors (Lipinski definition) is 1. The molecule has 0 unspecified atom stereocenters. The summed E-state index contributed by atoms with van der Waals surface area (Å²) in [5.74, 6) is 0.190. The van der Waals surface area contributed by atoms with E-state index >= 15 is 0 Å². The zero-order valence-corrected chi connectivity index (χ0v) is 15.0. The predicted molar refractivity (Wildman–Crippen MR) is 96.5 cm³/mol. The summed E-state index contributed by atoms with van der Waals surface area (Å²) in [7, 11) is 0. The van der Waals surface area contributed by atoms with Crippen LogP contribution < -0.4 is 5.32 Å². The molecule has 0 saturated heterocycles. The van der Waals surface area contributed by atoms with E-state index in [1.165, 1.54) is 22.2 Å². The summed E-state index contributed by atoms with van der Waals surface area (Å²) in [4.78, 5) is 13.3. The highest BCUT2D eigenvalue weighted by molar-refractivity contribution is 7.99. The van der Waals surface area contributed by atoms with Crippen molar-refractivity contribution in [3.05, 3.63) is 51.7 Å². The molecule has 2 heterocycles. The molecule has 0 atom stereocenters. The summed E-state index contributed by atoms with van der Waals surface area (Å²) >= 11 is 2.99. The number of thioether (sulfide) groups is 1. The first-order valence-corrected chi connectivity index (χ1v) is 9.27. The first-order chi connectivity index (χ1) is 11.6. The van der Waals surface area contributed by atoms with Crippen LogP contribution in [-0.4, -0.2) is 31.9 Å². The molecule has 3 aromatic rings. The summed E-state index contributed by atoms with van der Waals surface area (Å²) < 4.78 is 1.71. The Morgan fingerprint density at radius 3 is 2.96 bits per heavy atom. The molecule has 0 bridgehead atoms. The van der Waals surface area contributed by atoms with Gasteiger partial charge in [0.05, 0.1) is 12.3 Å². The number of carbonyl (C=O) groups is 1. The van der Waals surface area contributed by atoms with E-state index in [4.69, 9.17) is 0 Å². The highest BCUT2D eigenvalue weighted by atomic mass is 32.2. The van der Waals surface area contributed by atoms with Crippen LogP contribution in [0.2, 0.25) is 0 Å². The number of aromatic nitrogens is 4. The molecule has 8 heteroatoms. The summed E-state index contributed by atoms with van der Waals surface area (Å²) in [5, 5.41) is 17.3. The maximum absolute atomic E-state index is 12.2. The van der Waals surface area contributed by atoms with Crippen molar-refractivity contribution in [2.45, 2.75) is 25.5 Å². The highest BCUT2D eigenvalue weighted by Crippen LogP contribution is 2.19. The Hall–Kier alpha value is -2.19. The number of thiophene rings is 1. The molecule has 0 saturated carbocycles. The second-order valence-corrected chi connectivity index (χ2v) is 7.33. The molecule has 0 fully saturated rings. The highest BCUT2D eigenvalue weighted by Gasteiger charge is 2.11. The smallest absolute Gasteiger partial charge is 0.234 e. The van der Waals surface area contributed by atoms with Crippen molar-refractivity contribution in [1.82, 2.24) is 20.2 Å². The van der Waals surface area contributed by atoms with E-state index < -0.39 is 0 Å². The predicted octanol–water partition coefficient (Wildman–Crippen LogP) is 3.13. The second-order valence-electron chi connectivity index (χ2n) is 5.35. The van der Waals surface area contributed by atoms with E-state index in [0.717, 1.165) is 11.3 Å². The molecule has 0 aliphatic heterocycles. The number of aryl methyl sites for hydroxylation is 2. The maximum Gasteiger partial charge on any atom is 0.234 e. The fourth-order valence-corrected chi connectivity index (χ4v) is 3.58. The van der Waals surface area contributed by atoms with Crippen molar-refractivity contribution >= 4 is 34.7 Å². The Balaban J connectivity index is 1.58. The minimum atomic E-state index is -0.0716. The lowest BCUT2D eigenvalue weighted by Crippen LogP contribution is -2.15. The quantitative estimate of drug-likeness (QED) is 0.685. The number of nitrogens with zero attached hydrogens (tertiary/aromatic N) is 4. The van der Waals surface area contributed by atoms with Gasteiger partial charge in [-0.25, -0.2) is 4.68 Å². The average Bonchev–Trinajstić information content (AvgIpc) is 3.20. The van der Waals surface area contributed by atoms with Crippen LogP contribution in [0.25, 0.3) is 0 Å². The number of hydrogen-bond acceptors (Lipinski definition) is 6. The average molecular weight is 359 g/mol. The van der Waals surface area contributed by atoms with Crippen molar-refractivity contribution in [2.75, 3.05) is 11.1 Å². The van der Waals surface area contributed by atoms with Crippen molar-refractivity contribution < 1.29 is 4.79 Å². The number of amides is 1. The largest absolute Gasteiger partial charge is 0.325 e. The van der Waals surface area contributed by atoms with Gasteiger partial charge in [0.25, 0.3) is 0 Å². The Morgan fingerprint density at radius 2 is 2.21 bits per heavy atom. The zero-order valence-electron chi connectivity index (χ0n) is 13.4. The van der Waals surface area contributed by atoms with Gasteiger partial charge in [-0.1, -0.05) is 35.5 Å². The third kappa shape index (κ3) is 4.21. The molecule has 24 heavy (non-hydrogen) atoms. The van der Waals surface area contributed by atoms with Crippen molar-refractivity contribution in [3.8, 4) is 0 Å². The number of anilines is 1. The number of rotatable bonds is 6. The van der Waals surface area contributed by atoms with Crippen LogP contribution in [-0.2, 0) is 11.3 Å². The number of benzene rings is 1. The minimum absolute atomic E-state index is 0.0716. The molecule has 0 radical (unpaired) electrons. The summed E-state index contributed by atoms with van der Waals surface area (Å²) in [6.45, 7) is 4.63. The fraction of sp³-hybridized carbons (Fsp3) is 0.250. The van der Waals surface area contributed by atoms with Gasteiger partial charge in [-0.3, -0.25) is 4.79 Å². The minimum Gasteiger partial charge on any atom is -0.325 e. The summed E-state index contributed by atoms with van der Waals surface area (Å²) in [6, 6.07) is 9.98. The monoisotopic (exact) mass is 359 g/mol. The maximum atomic E-state index is 12.2. The van der Waals surface area contributed by atoms with E-state index in [2.05, 4.69) is 20.8 Å². The van der Waals surface area contributed by atoms with Crippen LogP contribution >= 0.6 is 23.1 Å². The van der Waals surface area contributed by atoms with E-state index in [0.29, 0.717) is 11.7 Å². The normalized spacial score (nSPS) is 10.8. The number of tetrazole rings is 1. The summed E-state index contributed by atoms with van der Waals surface area (Å²) in [5.41, 5.74) is 3.06. The first kappa shape index (κ1) is 16.7. The molecule has 0 aliphatic carbocycles. The molecule has 3 rings (SSSR count). The van der Waals surface area contributed by atoms with Crippen LogP contribution in [0.3, 0.4) is 0 Å². The molecule has 2 aromatic heterocycles. The molecule has 0 aliphatic rings. The molecule has 6 nitrogen and oxygen atoms in total. The van der Waals surface area contributed by atoms with Gasteiger partial charge in [0.15, 0.2) is 0 Å². The van der Waals surface area contributed by atoms with Gasteiger partial charge in [0, 0.05) is 10.6 Å². The molecule has 124 valence electrons. The Kier molecular flexibility index (Phi) is 5.27. The number of carbonyl (C=O) groups excluding carboxylic acids is 1. The van der Waals surface area contributed by atoms with Crippen LogP contribution in [0.5, 0.6) is 0 Å². The first-order valence-electron chi connectivity index (χ1n) is 7.40. The van der Waals surface area contributed by atoms with Crippen LogP contribution in [0.15, 0.2) is 40.9 Å². The molecular weight excluding hydrogens is 342 g/mol. The Morgan fingerprint density at radius 1 is 1.33 bits per heavy atom. The van der Waals surface area contributed by atoms with E-state index in [9.17, 15) is 4.79 Å². The number of nitrogens with one attached hydrogen (secondary N) is 1. The third-order valence-corrected chi connectivity index (χ3v) is 5.19. The SMILES string of the molecule is Cc1ccc(NC(=O)CSc2nnnn2Cc2cccs2)c(C)c1. The lowest BCUT2D eigenvalue weighted by Gasteiger charge is -2.09. The Labute approximate surface area is 148 Å². The van der Waals surface area contributed by atoms with Gasteiger partial charge < -0.3 is 5.32 Å². The lowest BCUT2D eigenvalue weighted by molar-refractivity contribution is -0.113. The third-order valence-electron chi connectivity index (χ3n) is 3.37. The van der Waals surface area contributed by atoms with Gasteiger partial charge in [-0.2, -0.15) is 0 Å². The van der Waals surface area contributed by atoms with Gasteiger partial charge in [0.2, 0.25) is 11.1 Å². The molecule has 1 aromatic carbocycles. The molecular formula is C16H17N5OS2. The second kappa shape index (κ2) is 7.59. The van der Waals surface area contributed by atoms with Crippen LogP contribution in [0.1, 0.15) is 16.0 Å². The molecule has 1 N–H and O–H groups in total. The van der Waals surface area contributed by atoms with Gasteiger partial charge >= 0.3 is 0 Å². The van der Waals surface area contributed by atoms with Gasteiger partial charge in [0.1, 0.15) is 0 Å². The van der Waals surface area contributed by atoms with E-state index in [-0.39, 0.29) is 11.7 Å². The van der Waals surface area contributed by atoms with E-state index in [1.54, 1.807) is 16.0 Å². The fourth-order valence-electron chi connectivity index (χ4n) is 2.22. The van der Waals surface area contributed by atoms with Crippen molar-refractivity contribution in [1.29, 1.82) is 0 Å². The molecule has 0 spiro atoms. The zero-order chi connectivity index (χ0) is 16.9. The van der Waals surface area contributed by atoms with Gasteiger partial charge in [-0.15, -0.1) is 16.4 Å². The lowest BCUT2D eigenvalue weighted by atomic mass is 10.1.